The van der Waals surface area contributed by atoms with Crippen molar-refractivity contribution in [3.63, 3.8) is 0 Å². The van der Waals surface area contributed by atoms with Gasteiger partial charge in [-0.25, -0.2) is 0 Å². The number of nitrogens with one attached hydrogen (secondary N) is 1. The monoisotopic (exact) mass is 254 g/mol. The van der Waals surface area contributed by atoms with E-state index >= 15 is 0 Å². The minimum atomic E-state index is -0.111. The summed E-state index contributed by atoms with van der Waals surface area (Å²) in [5.41, 5.74) is 0. The van der Waals surface area contributed by atoms with Crippen molar-refractivity contribution < 1.29 is 9.53 Å². The van der Waals surface area contributed by atoms with E-state index < -0.39 is 0 Å². The Balaban J connectivity index is 1.89. The summed E-state index contributed by atoms with van der Waals surface area (Å²) in [6, 6.07) is 0.369. The molecule has 3 saturated heterocycles. The van der Waals surface area contributed by atoms with Gasteiger partial charge in [-0.3, -0.25) is 4.79 Å². The molecule has 2 unspecified atom stereocenters. The van der Waals surface area contributed by atoms with Gasteiger partial charge in [-0.15, -0.1) is 0 Å². The van der Waals surface area contributed by atoms with Crippen LogP contribution in [-0.2, 0) is 9.53 Å². The largest absolute Gasteiger partial charge is 0.465 e. The number of carbonyl (C=O) groups is 1. The van der Waals surface area contributed by atoms with E-state index in [4.69, 9.17) is 4.74 Å². The fourth-order valence-electron chi connectivity index (χ4n) is 3.21. The van der Waals surface area contributed by atoms with Crippen LogP contribution in [0.25, 0.3) is 0 Å². The summed E-state index contributed by atoms with van der Waals surface area (Å²) < 4.78 is 5.16. The summed E-state index contributed by atoms with van der Waals surface area (Å²) in [6.07, 6.45) is 4.44. The maximum absolute atomic E-state index is 11.9. The zero-order chi connectivity index (χ0) is 13.0. The molecule has 4 nitrogen and oxygen atoms in total. The molecule has 3 fully saturated rings. The Labute approximate surface area is 110 Å². The van der Waals surface area contributed by atoms with Crippen LogP contribution in [0.2, 0.25) is 0 Å². The van der Waals surface area contributed by atoms with Crippen molar-refractivity contribution in [1.29, 1.82) is 0 Å². The quantitative estimate of drug-likeness (QED) is 0.728. The van der Waals surface area contributed by atoms with Crippen LogP contribution >= 0.6 is 0 Å². The van der Waals surface area contributed by atoms with Gasteiger partial charge >= 0.3 is 5.97 Å². The number of rotatable bonds is 6. The fraction of sp³-hybridized carbons (Fsp3) is 0.929. The third kappa shape index (κ3) is 3.23. The second-order valence-electron chi connectivity index (χ2n) is 5.50. The van der Waals surface area contributed by atoms with Crippen molar-refractivity contribution in [2.24, 2.45) is 5.92 Å². The van der Waals surface area contributed by atoms with E-state index in [9.17, 15) is 4.79 Å². The Morgan fingerprint density at radius 1 is 1.39 bits per heavy atom. The van der Waals surface area contributed by atoms with Gasteiger partial charge in [0.2, 0.25) is 0 Å². The molecule has 0 saturated carbocycles. The molecule has 3 aliphatic rings. The number of hydrogen-bond acceptors (Lipinski definition) is 4. The summed E-state index contributed by atoms with van der Waals surface area (Å²) in [5.74, 6) is 0.680. The summed E-state index contributed by atoms with van der Waals surface area (Å²) in [5, 5.41) is 3.56. The molecule has 0 radical (unpaired) electrons. The number of hydrogen-bond donors (Lipinski definition) is 1. The minimum Gasteiger partial charge on any atom is -0.465 e. The number of fused-ring (bicyclic) bond motifs is 3. The van der Waals surface area contributed by atoms with Crippen molar-refractivity contribution in [1.82, 2.24) is 10.2 Å². The second kappa shape index (κ2) is 6.53. The smallest absolute Gasteiger partial charge is 0.323 e. The van der Waals surface area contributed by atoms with E-state index in [0.717, 1.165) is 25.3 Å². The first-order chi connectivity index (χ1) is 8.74. The summed E-state index contributed by atoms with van der Waals surface area (Å²) in [4.78, 5) is 14.4. The summed E-state index contributed by atoms with van der Waals surface area (Å²) >= 11 is 0. The van der Waals surface area contributed by atoms with Crippen molar-refractivity contribution in [2.75, 3.05) is 26.2 Å². The van der Waals surface area contributed by atoms with Gasteiger partial charge in [0, 0.05) is 12.6 Å². The number of carbonyl (C=O) groups excluding carboxylic acids is 1. The predicted octanol–water partition coefficient (Wildman–Crippen LogP) is 1.40. The first kappa shape index (κ1) is 13.8. The van der Waals surface area contributed by atoms with Crippen LogP contribution in [0.3, 0.4) is 0 Å². The van der Waals surface area contributed by atoms with Gasteiger partial charge in [0.1, 0.15) is 6.04 Å². The molecular formula is C14H26N2O2. The Kier molecular flexibility index (Phi) is 5.01. The number of esters is 1. The van der Waals surface area contributed by atoms with E-state index in [-0.39, 0.29) is 12.0 Å². The highest BCUT2D eigenvalue weighted by Gasteiger charge is 2.36. The van der Waals surface area contributed by atoms with Gasteiger partial charge < -0.3 is 15.0 Å². The van der Waals surface area contributed by atoms with Crippen LogP contribution in [-0.4, -0.2) is 49.2 Å². The van der Waals surface area contributed by atoms with Crippen molar-refractivity contribution >= 4 is 5.97 Å². The Morgan fingerprint density at radius 2 is 2.11 bits per heavy atom. The molecule has 4 heteroatoms. The van der Waals surface area contributed by atoms with Crippen LogP contribution in [0.1, 0.15) is 39.5 Å². The fourth-order valence-corrected chi connectivity index (χ4v) is 3.21. The average molecular weight is 254 g/mol. The molecule has 1 N–H and O–H groups in total. The van der Waals surface area contributed by atoms with E-state index in [1.807, 2.05) is 6.92 Å². The summed E-state index contributed by atoms with van der Waals surface area (Å²) in [6.45, 7) is 8.03. The molecule has 0 aromatic heterocycles. The van der Waals surface area contributed by atoms with E-state index in [1.54, 1.807) is 0 Å². The van der Waals surface area contributed by atoms with Crippen molar-refractivity contribution in [3.8, 4) is 0 Å². The first-order valence-electron chi connectivity index (χ1n) is 7.39. The zero-order valence-electron chi connectivity index (χ0n) is 11.7. The highest BCUT2D eigenvalue weighted by atomic mass is 16.5. The summed E-state index contributed by atoms with van der Waals surface area (Å²) in [7, 11) is 0. The van der Waals surface area contributed by atoms with Crippen LogP contribution in [0.4, 0.5) is 0 Å². The van der Waals surface area contributed by atoms with Crippen LogP contribution < -0.4 is 5.32 Å². The molecule has 3 aliphatic heterocycles. The number of nitrogens with zero attached hydrogens (tertiary/aromatic N) is 1. The van der Waals surface area contributed by atoms with Crippen molar-refractivity contribution in [2.45, 2.75) is 51.6 Å². The molecule has 18 heavy (non-hydrogen) atoms. The number of ether oxygens (including phenoxy) is 1. The van der Waals surface area contributed by atoms with Gasteiger partial charge in [-0.05, 0) is 45.2 Å². The SMILES string of the molecule is CCCC(NC1CN2CCC1CC2)C(=O)OCC. The molecule has 2 atom stereocenters. The van der Waals surface area contributed by atoms with Crippen LogP contribution in [0.15, 0.2) is 0 Å². The maximum atomic E-state index is 11.9. The molecule has 3 heterocycles. The number of piperidine rings is 3. The van der Waals surface area contributed by atoms with Gasteiger partial charge in [-0.1, -0.05) is 13.3 Å². The lowest BCUT2D eigenvalue weighted by Crippen LogP contribution is -2.59. The van der Waals surface area contributed by atoms with Gasteiger partial charge in [0.25, 0.3) is 0 Å². The molecule has 0 aromatic rings. The Hall–Kier alpha value is -0.610. The minimum absolute atomic E-state index is 0.0733. The molecule has 104 valence electrons. The third-order valence-corrected chi connectivity index (χ3v) is 4.22. The predicted molar refractivity (Wildman–Crippen MR) is 71.4 cm³/mol. The topological polar surface area (TPSA) is 41.6 Å². The van der Waals surface area contributed by atoms with Gasteiger partial charge in [-0.2, -0.15) is 0 Å². The Morgan fingerprint density at radius 3 is 2.61 bits per heavy atom. The lowest BCUT2D eigenvalue weighted by molar-refractivity contribution is -0.146. The normalized spacial score (nSPS) is 32.2. The molecule has 3 rings (SSSR count). The molecular weight excluding hydrogens is 228 g/mol. The molecule has 0 aromatic carbocycles. The molecule has 2 bridgehead atoms. The lowest BCUT2D eigenvalue weighted by Gasteiger charge is -2.46. The molecule has 0 amide bonds. The lowest BCUT2D eigenvalue weighted by atomic mass is 9.83. The van der Waals surface area contributed by atoms with E-state index in [0.29, 0.717) is 12.6 Å². The van der Waals surface area contributed by atoms with E-state index in [1.165, 1.54) is 25.9 Å². The van der Waals surface area contributed by atoms with Crippen LogP contribution in [0.5, 0.6) is 0 Å². The van der Waals surface area contributed by atoms with Gasteiger partial charge in [0.05, 0.1) is 6.61 Å². The molecule has 0 aliphatic carbocycles. The van der Waals surface area contributed by atoms with Gasteiger partial charge in [0.15, 0.2) is 0 Å². The Bertz CT molecular complexity index is 275. The first-order valence-corrected chi connectivity index (χ1v) is 7.39. The maximum Gasteiger partial charge on any atom is 0.323 e. The highest BCUT2D eigenvalue weighted by molar-refractivity contribution is 5.75. The zero-order valence-corrected chi connectivity index (χ0v) is 11.7. The van der Waals surface area contributed by atoms with E-state index in [2.05, 4.69) is 17.1 Å². The standard InChI is InChI=1S/C14H26N2O2/c1-3-5-12(14(17)18-4-2)15-13-10-16-8-6-11(13)7-9-16/h11-13,15H,3-10H2,1-2H3. The second-order valence-corrected chi connectivity index (χ2v) is 5.50. The van der Waals surface area contributed by atoms with Crippen molar-refractivity contribution in [3.05, 3.63) is 0 Å². The van der Waals surface area contributed by atoms with Crippen LogP contribution in [0, 0.1) is 5.92 Å². The third-order valence-electron chi connectivity index (χ3n) is 4.22. The average Bonchev–Trinajstić information content (AvgIpc) is 2.40. The molecule has 0 spiro atoms. The highest BCUT2D eigenvalue weighted by Crippen LogP contribution is 2.28.